The van der Waals surface area contributed by atoms with E-state index >= 15 is 0 Å². The Morgan fingerprint density at radius 3 is 2.75 bits per heavy atom. The van der Waals surface area contributed by atoms with Crippen LogP contribution in [0.4, 0.5) is 13.2 Å². The number of amides is 1. The summed E-state index contributed by atoms with van der Waals surface area (Å²) in [4.78, 5) is 12.0. The molecule has 0 aliphatic carbocycles. The number of carbonyl (C=O) groups is 1. The first-order chi connectivity index (χ1) is 9.46. The van der Waals surface area contributed by atoms with Crippen molar-refractivity contribution in [2.24, 2.45) is 0 Å². The maximum absolute atomic E-state index is 12.3. The molecular formula is C13H15F3N2O2. The smallest absolute Gasteiger partial charge is 0.405 e. The molecule has 0 radical (unpaired) electrons. The van der Waals surface area contributed by atoms with Crippen molar-refractivity contribution in [3.63, 3.8) is 0 Å². The summed E-state index contributed by atoms with van der Waals surface area (Å²) in [6, 6.07) is 5.25. The van der Waals surface area contributed by atoms with Gasteiger partial charge in [0.25, 0.3) is 5.91 Å². The standard InChI is InChI=1S/C13H15F3N2O2/c14-13(15,16)20-11-6-2-1-5-10(11)12(19)18-9-4-3-7-17-8-9/h1-2,5-6,9,17H,3-4,7-8H2,(H,18,19). The Labute approximate surface area is 114 Å². The van der Waals surface area contributed by atoms with Crippen LogP contribution in [0.2, 0.25) is 0 Å². The molecule has 0 aromatic heterocycles. The van der Waals surface area contributed by atoms with Gasteiger partial charge in [0.05, 0.1) is 5.56 Å². The number of carbonyl (C=O) groups excluding carboxylic acids is 1. The van der Waals surface area contributed by atoms with Gasteiger partial charge in [0.2, 0.25) is 0 Å². The second-order valence-electron chi connectivity index (χ2n) is 4.56. The number of piperidine rings is 1. The van der Waals surface area contributed by atoms with Crippen LogP contribution >= 0.6 is 0 Å². The van der Waals surface area contributed by atoms with Crippen molar-refractivity contribution in [1.82, 2.24) is 10.6 Å². The molecule has 1 atom stereocenters. The van der Waals surface area contributed by atoms with Gasteiger partial charge < -0.3 is 15.4 Å². The van der Waals surface area contributed by atoms with E-state index in [-0.39, 0.29) is 11.6 Å². The zero-order valence-corrected chi connectivity index (χ0v) is 10.7. The summed E-state index contributed by atoms with van der Waals surface area (Å²) in [5.41, 5.74) is -0.115. The molecule has 1 heterocycles. The minimum absolute atomic E-state index is 0.0739. The van der Waals surface area contributed by atoms with Crippen LogP contribution in [0.15, 0.2) is 24.3 Å². The lowest BCUT2D eigenvalue weighted by molar-refractivity contribution is -0.274. The highest BCUT2D eigenvalue weighted by molar-refractivity contribution is 5.97. The van der Waals surface area contributed by atoms with E-state index in [9.17, 15) is 18.0 Å². The molecule has 110 valence electrons. The van der Waals surface area contributed by atoms with E-state index in [1.807, 2.05) is 0 Å². The summed E-state index contributed by atoms with van der Waals surface area (Å²) in [6.07, 6.45) is -3.09. The zero-order valence-electron chi connectivity index (χ0n) is 10.7. The predicted molar refractivity (Wildman–Crippen MR) is 66.5 cm³/mol. The van der Waals surface area contributed by atoms with E-state index < -0.39 is 18.0 Å². The number of rotatable bonds is 3. The molecule has 0 spiro atoms. The fourth-order valence-electron chi connectivity index (χ4n) is 2.11. The van der Waals surface area contributed by atoms with Gasteiger partial charge in [0.15, 0.2) is 0 Å². The van der Waals surface area contributed by atoms with Crippen LogP contribution in [-0.4, -0.2) is 31.4 Å². The molecule has 1 aromatic carbocycles. The molecular weight excluding hydrogens is 273 g/mol. The average molecular weight is 288 g/mol. The number of hydrogen-bond acceptors (Lipinski definition) is 3. The van der Waals surface area contributed by atoms with Crippen molar-refractivity contribution >= 4 is 5.91 Å². The summed E-state index contributed by atoms with van der Waals surface area (Å²) >= 11 is 0. The number of hydrogen-bond donors (Lipinski definition) is 2. The maximum Gasteiger partial charge on any atom is 0.573 e. The largest absolute Gasteiger partial charge is 0.573 e. The molecule has 2 rings (SSSR count). The predicted octanol–water partition coefficient (Wildman–Crippen LogP) is 2.07. The van der Waals surface area contributed by atoms with E-state index in [0.29, 0.717) is 6.54 Å². The fraction of sp³-hybridized carbons (Fsp3) is 0.462. The molecule has 4 nitrogen and oxygen atoms in total. The van der Waals surface area contributed by atoms with Crippen LogP contribution in [0.3, 0.4) is 0 Å². The molecule has 0 bridgehead atoms. The van der Waals surface area contributed by atoms with E-state index in [0.717, 1.165) is 25.5 Å². The molecule has 1 aliphatic heterocycles. The molecule has 2 N–H and O–H groups in total. The van der Waals surface area contributed by atoms with Crippen molar-refractivity contribution in [2.45, 2.75) is 25.2 Å². The quantitative estimate of drug-likeness (QED) is 0.895. The van der Waals surface area contributed by atoms with Crippen molar-refractivity contribution in [3.8, 4) is 5.75 Å². The van der Waals surface area contributed by atoms with Crippen molar-refractivity contribution in [1.29, 1.82) is 0 Å². The summed E-state index contributed by atoms with van der Waals surface area (Å²) in [5, 5.41) is 5.83. The van der Waals surface area contributed by atoms with E-state index in [2.05, 4.69) is 15.4 Å². The Balaban J connectivity index is 2.08. The first kappa shape index (κ1) is 14.6. The van der Waals surface area contributed by atoms with Gasteiger partial charge in [0, 0.05) is 12.6 Å². The van der Waals surface area contributed by atoms with Gasteiger partial charge in [-0.25, -0.2) is 0 Å². The summed E-state index contributed by atoms with van der Waals surface area (Å²) < 4.78 is 40.7. The summed E-state index contributed by atoms with van der Waals surface area (Å²) in [5.74, 6) is -1.04. The topological polar surface area (TPSA) is 50.4 Å². The Kier molecular flexibility index (Phi) is 4.49. The summed E-state index contributed by atoms with van der Waals surface area (Å²) in [6.45, 7) is 1.51. The number of nitrogens with one attached hydrogen (secondary N) is 2. The normalized spacial score (nSPS) is 19.4. The van der Waals surface area contributed by atoms with Crippen LogP contribution in [0.25, 0.3) is 0 Å². The van der Waals surface area contributed by atoms with E-state index in [1.54, 1.807) is 0 Å². The third-order valence-electron chi connectivity index (χ3n) is 2.99. The second kappa shape index (κ2) is 6.13. The van der Waals surface area contributed by atoms with Crippen LogP contribution in [0, 0.1) is 0 Å². The van der Waals surface area contributed by atoms with Crippen LogP contribution in [-0.2, 0) is 0 Å². The Hall–Kier alpha value is -1.76. The molecule has 7 heteroatoms. The molecule has 1 unspecified atom stereocenters. The van der Waals surface area contributed by atoms with Gasteiger partial charge in [0.1, 0.15) is 5.75 Å². The zero-order chi connectivity index (χ0) is 14.6. The second-order valence-corrected chi connectivity index (χ2v) is 4.56. The molecule has 1 aromatic rings. The number of ether oxygens (including phenoxy) is 1. The van der Waals surface area contributed by atoms with Gasteiger partial charge in [-0.15, -0.1) is 13.2 Å². The fourth-order valence-corrected chi connectivity index (χ4v) is 2.11. The van der Waals surface area contributed by atoms with Crippen molar-refractivity contribution in [2.75, 3.05) is 13.1 Å². The first-order valence-corrected chi connectivity index (χ1v) is 6.32. The molecule has 1 saturated heterocycles. The van der Waals surface area contributed by atoms with Gasteiger partial charge >= 0.3 is 6.36 Å². The number of benzene rings is 1. The van der Waals surface area contributed by atoms with Gasteiger partial charge in [-0.05, 0) is 31.5 Å². The van der Waals surface area contributed by atoms with Gasteiger partial charge in [-0.1, -0.05) is 12.1 Å². The molecule has 20 heavy (non-hydrogen) atoms. The molecule has 1 amide bonds. The highest BCUT2D eigenvalue weighted by Gasteiger charge is 2.33. The van der Waals surface area contributed by atoms with E-state index in [1.165, 1.54) is 18.2 Å². The minimum Gasteiger partial charge on any atom is -0.405 e. The lowest BCUT2D eigenvalue weighted by Crippen LogP contribution is -2.45. The summed E-state index contributed by atoms with van der Waals surface area (Å²) in [7, 11) is 0. The maximum atomic E-state index is 12.3. The highest BCUT2D eigenvalue weighted by atomic mass is 19.4. The third kappa shape index (κ3) is 4.12. The van der Waals surface area contributed by atoms with Crippen LogP contribution < -0.4 is 15.4 Å². The van der Waals surface area contributed by atoms with Crippen LogP contribution in [0.5, 0.6) is 5.75 Å². The van der Waals surface area contributed by atoms with E-state index in [4.69, 9.17) is 0 Å². The lowest BCUT2D eigenvalue weighted by Gasteiger charge is -2.24. The molecule has 1 fully saturated rings. The SMILES string of the molecule is O=C(NC1CCCNC1)c1ccccc1OC(F)(F)F. The molecule has 0 saturated carbocycles. The van der Waals surface area contributed by atoms with Crippen LogP contribution in [0.1, 0.15) is 23.2 Å². The van der Waals surface area contributed by atoms with Crippen molar-refractivity contribution < 1.29 is 22.7 Å². The lowest BCUT2D eigenvalue weighted by atomic mass is 10.1. The molecule has 1 aliphatic rings. The Morgan fingerprint density at radius 2 is 2.10 bits per heavy atom. The van der Waals surface area contributed by atoms with Gasteiger partial charge in [-0.3, -0.25) is 4.79 Å². The number of halogens is 3. The minimum atomic E-state index is -4.82. The first-order valence-electron chi connectivity index (χ1n) is 6.32. The highest BCUT2D eigenvalue weighted by Crippen LogP contribution is 2.26. The number of para-hydroxylation sites is 1. The Bertz CT molecular complexity index is 471. The average Bonchev–Trinajstić information content (AvgIpc) is 2.38. The van der Waals surface area contributed by atoms with Gasteiger partial charge in [-0.2, -0.15) is 0 Å². The monoisotopic (exact) mass is 288 g/mol. The Morgan fingerprint density at radius 1 is 1.35 bits per heavy atom. The number of alkyl halides is 3. The van der Waals surface area contributed by atoms with Crippen molar-refractivity contribution in [3.05, 3.63) is 29.8 Å². The third-order valence-corrected chi connectivity index (χ3v) is 2.99.